The maximum atomic E-state index is 6.04. The number of rotatable bonds is 5. The molecule has 2 aromatic heterocycles. The van der Waals surface area contributed by atoms with Crippen molar-refractivity contribution in [1.29, 1.82) is 0 Å². The second-order valence-electron chi connectivity index (χ2n) is 4.13. The third kappa shape index (κ3) is 2.91. The lowest BCUT2D eigenvalue weighted by molar-refractivity contribution is 0.588. The van der Waals surface area contributed by atoms with Crippen LogP contribution < -0.4 is 5.73 Å². The van der Waals surface area contributed by atoms with Gasteiger partial charge in [-0.1, -0.05) is 6.92 Å². The molecular weight excluding hydrogens is 212 g/mol. The summed E-state index contributed by atoms with van der Waals surface area (Å²) in [6.45, 7) is 3.00. The van der Waals surface area contributed by atoms with E-state index in [1.165, 1.54) is 5.56 Å². The SMILES string of the molecule is CC[C@@H](N)c1cncn1CCc1ccncc1. The average molecular weight is 230 g/mol. The summed E-state index contributed by atoms with van der Waals surface area (Å²) in [4.78, 5) is 8.18. The van der Waals surface area contributed by atoms with E-state index in [0.717, 1.165) is 25.1 Å². The van der Waals surface area contributed by atoms with Crippen LogP contribution >= 0.6 is 0 Å². The first-order valence-corrected chi connectivity index (χ1v) is 5.95. The molecule has 0 saturated carbocycles. The van der Waals surface area contributed by atoms with Gasteiger partial charge in [0.15, 0.2) is 0 Å². The summed E-state index contributed by atoms with van der Waals surface area (Å²) in [7, 11) is 0. The Morgan fingerprint density at radius 2 is 2.06 bits per heavy atom. The van der Waals surface area contributed by atoms with E-state index in [1.54, 1.807) is 0 Å². The lowest BCUT2D eigenvalue weighted by atomic mass is 10.1. The van der Waals surface area contributed by atoms with Crippen molar-refractivity contribution in [1.82, 2.24) is 14.5 Å². The van der Waals surface area contributed by atoms with Gasteiger partial charge in [0, 0.05) is 31.2 Å². The van der Waals surface area contributed by atoms with Gasteiger partial charge in [0.2, 0.25) is 0 Å². The summed E-state index contributed by atoms with van der Waals surface area (Å²) >= 11 is 0. The second kappa shape index (κ2) is 5.59. The summed E-state index contributed by atoms with van der Waals surface area (Å²) < 4.78 is 2.13. The molecule has 0 aliphatic heterocycles. The Balaban J connectivity index is 2.02. The van der Waals surface area contributed by atoms with Gasteiger partial charge in [-0.15, -0.1) is 0 Å². The number of pyridine rings is 1. The van der Waals surface area contributed by atoms with Gasteiger partial charge in [0.05, 0.1) is 12.0 Å². The molecule has 17 heavy (non-hydrogen) atoms. The highest BCUT2D eigenvalue weighted by Gasteiger charge is 2.08. The smallest absolute Gasteiger partial charge is 0.0948 e. The van der Waals surface area contributed by atoms with E-state index in [4.69, 9.17) is 5.73 Å². The molecule has 0 bridgehead atoms. The number of aromatic nitrogens is 3. The molecule has 0 aliphatic carbocycles. The first kappa shape index (κ1) is 11.8. The van der Waals surface area contributed by atoms with Crippen molar-refractivity contribution in [2.24, 2.45) is 5.73 Å². The maximum absolute atomic E-state index is 6.04. The molecule has 0 saturated heterocycles. The Bertz CT molecular complexity index is 449. The Morgan fingerprint density at radius 1 is 1.29 bits per heavy atom. The molecule has 0 fully saturated rings. The van der Waals surface area contributed by atoms with Crippen LogP contribution in [0.15, 0.2) is 37.1 Å². The summed E-state index contributed by atoms with van der Waals surface area (Å²) in [5.41, 5.74) is 8.43. The van der Waals surface area contributed by atoms with Crippen LogP contribution in [0.5, 0.6) is 0 Å². The highest BCUT2D eigenvalue weighted by Crippen LogP contribution is 2.13. The zero-order valence-electron chi connectivity index (χ0n) is 10.1. The van der Waals surface area contributed by atoms with Crippen LogP contribution in [-0.4, -0.2) is 14.5 Å². The minimum Gasteiger partial charge on any atom is -0.333 e. The van der Waals surface area contributed by atoms with E-state index in [2.05, 4.69) is 21.5 Å². The van der Waals surface area contributed by atoms with E-state index in [0.29, 0.717) is 0 Å². The summed E-state index contributed by atoms with van der Waals surface area (Å²) in [5, 5.41) is 0. The zero-order valence-corrected chi connectivity index (χ0v) is 10.1. The highest BCUT2D eigenvalue weighted by atomic mass is 15.1. The molecule has 0 amide bonds. The molecule has 0 radical (unpaired) electrons. The first-order valence-electron chi connectivity index (χ1n) is 5.95. The van der Waals surface area contributed by atoms with Crippen LogP contribution in [0.25, 0.3) is 0 Å². The van der Waals surface area contributed by atoms with E-state index >= 15 is 0 Å². The van der Waals surface area contributed by atoms with Gasteiger partial charge in [-0.2, -0.15) is 0 Å². The average Bonchev–Trinajstić information content (AvgIpc) is 2.85. The molecule has 0 aliphatic rings. The third-order valence-corrected chi connectivity index (χ3v) is 2.95. The minimum atomic E-state index is 0.0786. The van der Waals surface area contributed by atoms with Crippen LogP contribution in [-0.2, 0) is 13.0 Å². The van der Waals surface area contributed by atoms with Crippen molar-refractivity contribution in [3.63, 3.8) is 0 Å². The number of hydrogen-bond donors (Lipinski definition) is 1. The molecule has 0 unspecified atom stereocenters. The number of aryl methyl sites for hydroxylation is 2. The summed E-state index contributed by atoms with van der Waals surface area (Å²) in [6.07, 6.45) is 9.26. The Kier molecular flexibility index (Phi) is 3.88. The van der Waals surface area contributed by atoms with Gasteiger partial charge in [-0.05, 0) is 30.5 Å². The fourth-order valence-corrected chi connectivity index (χ4v) is 1.83. The minimum absolute atomic E-state index is 0.0786. The van der Waals surface area contributed by atoms with Crippen molar-refractivity contribution < 1.29 is 0 Å². The van der Waals surface area contributed by atoms with Gasteiger partial charge < -0.3 is 10.3 Å². The quantitative estimate of drug-likeness (QED) is 0.854. The van der Waals surface area contributed by atoms with E-state index in [9.17, 15) is 0 Å². The number of hydrogen-bond acceptors (Lipinski definition) is 3. The summed E-state index contributed by atoms with van der Waals surface area (Å²) in [6, 6.07) is 4.15. The molecule has 4 nitrogen and oxygen atoms in total. The van der Waals surface area contributed by atoms with Crippen LogP contribution in [0.4, 0.5) is 0 Å². The van der Waals surface area contributed by atoms with Gasteiger partial charge in [0.1, 0.15) is 0 Å². The van der Waals surface area contributed by atoms with E-state index < -0.39 is 0 Å². The van der Waals surface area contributed by atoms with Crippen molar-refractivity contribution >= 4 is 0 Å². The lowest BCUT2D eigenvalue weighted by Crippen LogP contribution is -2.15. The maximum Gasteiger partial charge on any atom is 0.0948 e. The monoisotopic (exact) mass is 230 g/mol. The normalized spacial score (nSPS) is 12.6. The number of imidazole rings is 1. The lowest BCUT2D eigenvalue weighted by Gasteiger charge is -2.12. The third-order valence-electron chi connectivity index (χ3n) is 2.95. The Hall–Kier alpha value is -1.68. The number of nitrogens with two attached hydrogens (primary N) is 1. The molecule has 2 aromatic rings. The van der Waals surface area contributed by atoms with Gasteiger partial charge in [-0.3, -0.25) is 4.98 Å². The standard InChI is InChI=1S/C13H18N4/c1-2-12(14)13-9-16-10-17(13)8-5-11-3-6-15-7-4-11/h3-4,6-7,9-10,12H,2,5,8,14H2,1H3/t12-/m1/s1. The highest BCUT2D eigenvalue weighted by molar-refractivity contribution is 5.11. The molecule has 1 atom stereocenters. The molecular formula is C13H18N4. The predicted molar refractivity (Wildman–Crippen MR) is 67.4 cm³/mol. The molecule has 4 heteroatoms. The predicted octanol–water partition coefficient (Wildman–Crippen LogP) is 1.93. The van der Waals surface area contributed by atoms with Crippen LogP contribution in [0.2, 0.25) is 0 Å². The Labute approximate surface area is 102 Å². The Morgan fingerprint density at radius 3 is 2.76 bits per heavy atom. The van der Waals surface area contributed by atoms with Gasteiger partial charge in [-0.25, -0.2) is 4.98 Å². The zero-order chi connectivity index (χ0) is 12.1. The van der Waals surface area contributed by atoms with Crippen LogP contribution in [0.3, 0.4) is 0 Å². The van der Waals surface area contributed by atoms with Crippen molar-refractivity contribution in [2.75, 3.05) is 0 Å². The van der Waals surface area contributed by atoms with Gasteiger partial charge >= 0.3 is 0 Å². The molecule has 0 spiro atoms. The van der Waals surface area contributed by atoms with Crippen molar-refractivity contribution in [3.8, 4) is 0 Å². The van der Waals surface area contributed by atoms with E-state index in [1.807, 2.05) is 37.1 Å². The fourth-order valence-electron chi connectivity index (χ4n) is 1.83. The topological polar surface area (TPSA) is 56.7 Å². The molecule has 2 rings (SSSR count). The first-order chi connectivity index (χ1) is 8.31. The molecule has 0 aromatic carbocycles. The molecule has 2 N–H and O–H groups in total. The van der Waals surface area contributed by atoms with Crippen molar-refractivity contribution in [2.45, 2.75) is 32.4 Å². The second-order valence-corrected chi connectivity index (χ2v) is 4.13. The fraction of sp³-hybridized carbons (Fsp3) is 0.385. The van der Waals surface area contributed by atoms with Crippen molar-refractivity contribution in [3.05, 3.63) is 48.3 Å². The number of nitrogens with zero attached hydrogens (tertiary/aromatic N) is 3. The van der Waals surface area contributed by atoms with Crippen LogP contribution in [0.1, 0.15) is 30.6 Å². The van der Waals surface area contributed by atoms with E-state index in [-0.39, 0.29) is 6.04 Å². The largest absolute Gasteiger partial charge is 0.333 e. The molecule has 90 valence electrons. The summed E-state index contributed by atoms with van der Waals surface area (Å²) in [5.74, 6) is 0. The molecule has 2 heterocycles. The van der Waals surface area contributed by atoms with Gasteiger partial charge in [0.25, 0.3) is 0 Å². The van der Waals surface area contributed by atoms with Crippen LogP contribution in [0, 0.1) is 0 Å².